The SMILES string of the molecule is COCCOCCNC(=O)c1cc(=O)c2ccccc2o1. The van der Waals surface area contributed by atoms with Gasteiger partial charge in [0.1, 0.15) is 5.58 Å². The molecule has 0 atom stereocenters. The number of fused-ring (bicyclic) bond motifs is 1. The van der Waals surface area contributed by atoms with Gasteiger partial charge in [-0.2, -0.15) is 0 Å². The summed E-state index contributed by atoms with van der Waals surface area (Å²) >= 11 is 0. The van der Waals surface area contributed by atoms with Crippen molar-refractivity contribution in [1.82, 2.24) is 5.32 Å². The molecule has 2 rings (SSSR count). The molecule has 0 saturated heterocycles. The number of ether oxygens (including phenoxy) is 2. The maximum atomic E-state index is 11.9. The molecule has 1 heterocycles. The second kappa shape index (κ2) is 7.56. The first kappa shape index (κ1) is 15.2. The largest absolute Gasteiger partial charge is 0.451 e. The summed E-state index contributed by atoms with van der Waals surface area (Å²) in [6, 6.07) is 8.00. The molecule has 112 valence electrons. The van der Waals surface area contributed by atoms with Crippen LogP contribution < -0.4 is 10.7 Å². The van der Waals surface area contributed by atoms with Gasteiger partial charge in [-0.25, -0.2) is 0 Å². The van der Waals surface area contributed by atoms with Crippen molar-refractivity contribution in [3.63, 3.8) is 0 Å². The van der Waals surface area contributed by atoms with E-state index < -0.39 is 5.91 Å². The Balaban J connectivity index is 1.95. The van der Waals surface area contributed by atoms with E-state index in [4.69, 9.17) is 13.9 Å². The number of para-hydroxylation sites is 1. The quantitative estimate of drug-likeness (QED) is 0.775. The minimum atomic E-state index is -0.437. The van der Waals surface area contributed by atoms with E-state index in [9.17, 15) is 9.59 Å². The molecule has 1 N–H and O–H groups in total. The summed E-state index contributed by atoms with van der Waals surface area (Å²) in [5.74, 6) is -0.441. The Kier molecular flexibility index (Phi) is 5.48. The smallest absolute Gasteiger partial charge is 0.287 e. The third kappa shape index (κ3) is 4.14. The number of rotatable bonds is 7. The minimum absolute atomic E-state index is 0.00408. The molecule has 1 amide bonds. The lowest BCUT2D eigenvalue weighted by atomic mass is 10.2. The van der Waals surface area contributed by atoms with E-state index in [0.717, 1.165) is 0 Å². The number of hydrogen-bond acceptors (Lipinski definition) is 5. The van der Waals surface area contributed by atoms with Gasteiger partial charge in [0.25, 0.3) is 5.91 Å². The van der Waals surface area contributed by atoms with Crippen LogP contribution >= 0.6 is 0 Å². The number of benzene rings is 1. The van der Waals surface area contributed by atoms with Crippen LogP contribution in [-0.4, -0.2) is 39.4 Å². The third-order valence-electron chi connectivity index (χ3n) is 2.82. The lowest BCUT2D eigenvalue weighted by Gasteiger charge is -2.06. The lowest BCUT2D eigenvalue weighted by molar-refractivity contribution is 0.0687. The topological polar surface area (TPSA) is 77.8 Å². The van der Waals surface area contributed by atoms with Crippen LogP contribution in [0, 0.1) is 0 Å². The summed E-state index contributed by atoms with van der Waals surface area (Å²) in [5, 5.41) is 3.09. The first-order valence-electron chi connectivity index (χ1n) is 6.60. The van der Waals surface area contributed by atoms with E-state index in [2.05, 4.69) is 5.32 Å². The average Bonchev–Trinajstić information content (AvgIpc) is 2.50. The van der Waals surface area contributed by atoms with E-state index in [1.165, 1.54) is 6.07 Å². The van der Waals surface area contributed by atoms with E-state index in [1.807, 2.05) is 0 Å². The molecule has 6 heteroatoms. The Labute approximate surface area is 121 Å². The highest BCUT2D eigenvalue weighted by atomic mass is 16.5. The first-order chi connectivity index (χ1) is 10.2. The van der Waals surface area contributed by atoms with Gasteiger partial charge in [0.05, 0.1) is 25.2 Å². The Morgan fingerprint density at radius 3 is 2.86 bits per heavy atom. The summed E-state index contributed by atoms with van der Waals surface area (Å²) in [7, 11) is 1.59. The van der Waals surface area contributed by atoms with E-state index in [1.54, 1.807) is 31.4 Å². The van der Waals surface area contributed by atoms with Crippen LogP contribution in [0.15, 0.2) is 39.5 Å². The van der Waals surface area contributed by atoms with Gasteiger partial charge in [-0.15, -0.1) is 0 Å². The van der Waals surface area contributed by atoms with Gasteiger partial charge >= 0.3 is 0 Å². The van der Waals surface area contributed by atoms with Gasteiger partial charge in [-0.3, -0.25) is 9.59 Å². The van der Waals surface area contributed by atoms with Crippen LogP contribution in [0.4, 0.5) is 0 Å². The second-order valence-electron chi connectivity index (χ2n) is 4.33. The molecular formula is C15H17NO5. The van der Waals surface area contributed by atoms with Crippen molar-refractivity contribution in [3.8, 4) is 0 Å². The molecule has 0 aliphatic rings. The van der Waals surface area contributed by atoms with Crippen LogP contribution in [0.2, 0.25) is 0 Å². The minimum Gasteiger partial charge on any atom is -0.451 e. The maximum Gasteiger partial charge on any atom is 0.287 e. The van der Waals surface area contributed by atoms with Crippen LogP contribution in [0.3, 0.4) is 0 Å². The van der Waals surface area contributed by atoms with Crippen molar-refractivity contribution in [2.45, 2.75) is 0 Å². The van der Waals surface area contributed by atoms with Crippen LogP contribution in [0.25, 0.3) is 11.0 Å². The molecule has 21 heavy (non-hydrogen) atoms. The molecule has 0 aliphatic carbocycles. The number of carbonyl (C=O) groups is 1. The fraction of sp³-hybridized carbons (Fsp3) is 0.333. The Morgan fingerprint density at radius 1 is 1.24 bits per heavy atom. The van der Waals surface area contributed by atoms with Gasteiger partial charge in [0.2, 0.25) is 0 Å². The Hall–Kier alpha value is -2.18. The zero-order chi connectivity index (χ0) is 15.1. The van der Waals surface area contributed by atoms with Gasteiger partial charge in [-0.1, -0.05) is 12.1 Å². The summed E-state index contributed by atoms with van der Waals surface area (Å²) in [5.41, 5.74) is 0.157. The third-order valence-corrected chi connectivity index (χ3v) is 2.82. The Morgan fingerprint density at radius 2 is 2.05 bits per heavy atom. The fourth-order valence-electron chi connectivity index (χ4n) is 1.78. The predicted octanol–water partition coefficient (Wildman–Crippen LogP) is 1.19. The zero-order valence-corrected chi connectivity index (χ0v) is 11.8. The number of nitrogens with one attached hydrogen (secondary N) is 1. The fourth-order valence-corrected chi connectivity index (χ4v) is 1.78. The van der Waals surface area contributed by atoms with Crippen LogP contribution in [0.1, 0.15) is 10.6 Å². The molecule has 1 aromatic heterocycles. The molecule has 0 fully saturated rings. The van der Waals surface area contributed by atoms with Crippen molar-refractivity contribution in [2.24, 2.45) is 0 Å². The standard InChI is InChI=1S/C15H17NO5/c1-19-8-9-20-7-6-16-15(18)14-10-12(17)11-4-2-3-5-13(11)21-14/h2-5,10H,6-9H2,1H3,(H,16,18). The summed E-state index contributed by atoms with van der Waals surface area (Å²) < 4.78 is 15.5. The monoisotopic (exact) mass is 291 g/mol. The molecule has 2 aromatic rings. The van der Waals surface area contributed by atoms with Crippen LogP contribution in [-0.2, 0) is 9.47 Å². The van der Waals surface area contributed by atoms with E-state index in [-0.39, 0.29) is 11.2 Å². The van der Waals surface area contributed by atoms with E-state index in [0.29, 0.717) is 37.3 Å². The number of carbonyl (C=O) groups excluding carboxylic acids is 1. The number of amides is 1. The summed E-state index contributed by atoms with van der Waals surface area (Å²) in [6.45, 7) is 1.68. The van der Waals surface area contributed by atoms with Crippen molar-refractivity contribution >= 4 is 16.9 Å². The van der Waals surface area contributed by atoms with Crippen molar-refractivity contribution in [1.29, 1.82) is 0 Å². The highest BCUT2D eigenvalue weighted by Crippen LogP contribution is 2.11. The molecule has 0 saturated carbocycles. The molecule has 1 aromatic carbocycles. The first-order valence-corrected chi connectivity index (χ1v) is 6.60. The van der Waals surface area contributed by atoms with E-state index >= 15 is 0 Å². The Bertz CT molecular complexity index is 664. The number of methoxy groups -OCH3 is 1. The highest BCUT2D eigenvalue weighted by molar-refractivity contribution is 5.93. The maximum absolute atomic E-state index is 11.9. The lowest BCUT2D eigenvalue weighted by Crippen LogP contribution is -2.28. The van der Waals surface area contributed by atoms with Gasteiger partial charge in [-0.05, 0) is 12.1 Å². The molecule has 0 bridgehead atoms. The van der Waals surface area contributed by atoms with Gasteiger partial charge < -0.3 is 19.2 Å². The summed E-state index contributed by atoms with van der Waals surface area (Å²) in [4.78, 5) is 23.8. The van der Waals surface area contributed by atoms with Crippen molar-refractivity contribution < 1.29 is 18.7 Å². The molecular weight excluding hydrogens is 274 g/mol. The van der Waals surface area contributed by atoms with Gasteiger partial charge in [0, 0.05) is 19.7 Å². The van der Waals surface area contributed by atoms with Gasteiger partial charge in [0.15, 0.2) is 11.2 Å². The average molecular weight is 291 g/mol. The molecule has 6 nitrogen and oxygen atoms in total. The van der Waals surface area contributed by atoms with Crippen molar-refractivity contribution in [2.75, 3.05) is 33.5 Å². The van der Waals surface area contributed by atoms with Crippen molar-refractivity contribution in [3.05, 3.63) is 46.3 Å². The molecule has 0 unspecified atom stereocenters. The second-order valence-corrected chi connectivity index (χ2v) is 4.33. The number of hydrogen-bond donors (Lipinski definition) is 1. The summed E-state index contributed by atoms with van der Waals surface area (Å²) in [6.07, 6.45) is 0. The highest BCUT2D eigenvalue weighted by Gasteiger charge is 2.11. The predicted molar refractivity (Wildman–Crippen MR) is 77.5 cm³/mol. The zero-order valence-electron chi connectivity index (χ0n) is 11.8. The molecule has 0 spiro atoms. The normalized spacial score (nSPS) is 10.7. The van der Waals surface area contributed by atoms with Crippen LogP contribution in [0.5, 0.6) is 0 Å². The molecule has 0 aliphatic heterocycles. The molecule has 0 radical (unpaired) electrons.